The molecule has 3 rings (SSSR count). The Morgan fingerprint density at radius 3 is 2.36 bits per heavy atom. The van der Waals surface area contributed by atoms with Gasteiger partial charge in [0.1, 0.15) is 5.75 Å². The Balaban J connectivity index is 2.27. The van der Waals surface area contributed by atoms with Gasteiger partial charge in [-0.25, -0.2) is 0 Å². The summed E-state index contributed by atoms with van der Waals surface area (Å²) in [5.74, 6) is 0.106. The lowest BCUT2D eigenvalue weighted by molar-refractivity contribution is -0.384. The molecular weight excluding hydrogens is 280 g/mol. The number of phenolic OH excluding ortho intramolecular Hbond substituents is 1. The molecule has 0 unspecified atom stereocenters. The van der Waals surface area contributed by atoms with Gasteiger partial charge in [0.15, 0.2) is 0 Å². The summed E-state index contributed by atoms with van der Waals surface area (Å²) in [7, 11) is 0. The number of aromatic hydroxyl groups is 1. The van der Waals surface area contributed by atoms with Crippen molar-refractivity contribution in [1.82, 2.24) is 4.98 Å². The fourth-order valence-electron chi connectivity index (χ4n) is 2.40. The van der Waals surface area contributed by atoms with E-state index >= 15 is 0 Å². The number of aromatic nitrogens is 1. The van der Waals surface area contributed by atoms with E-state index in [2.05, 4.69) is 4.98 Å². The summed E-state index contributed by atoms with van der Waals surface area (Å²) >= 11 is 0. The van der Waals surface area contributed by atoms with Gasteiger partial charge in [0, 0.05) is 18.5 Å². The normalized spacial score (nSPS) is 10.4. The van der Waals surface area contributed by atoms with E-state index < -0.39 is 4.92 Å². The van der Waals surface area contributed by atoms with E-state index in [1.54, 1.807) is 54.9 Å². The van der Waals surface area contributed by atoms with Crippen LogP contribution in [0.4, 0.5) is 5.69 Å². The predicted molar refractivity (Wildman–Crippen MR) is 83.4 cm³/mol. The SMILES string of the molecule is O=[N+]([O-])c1ccccc1-c1ccc(O)cc1-c1ccncc1. The lowest BCUT2D eigenvalue weighted by Crippen LogP contribution is -1.93. The number of nitro benzene ring substituents is 1. The van der Waals surface area contributed by atoms with Crippen LogP contribution in [0.25, 0.3) is 22.3 Å². The van der Waals surface area contributed by atoms with E-state index in [-0.39, 0.29) is 11.4 Å². The van der Waals surface area contributed by atoms with E-state index in [4.69, 9.17) is 0 Å². The van der Waals surface area contributed by atoms with Crippen molar-refractivity contribution in [3.8, 4) is 28.0 Å². The first-order chi connectivity index (χ1) is 10.7. The maximum atomic E-state index is 11.3. The summed E-state index contributed by atoms with van der Waals surface area (Å²) < 4.78 is 0. The molecule has 1 heterocycles. The first kappa shape index (κ1) is 13.8. The highest BCUT2D eigenvalue weighted by molar-refractivity contribution is 5.87. The van der Waals surface area contributed by atoms with E-state index in [9.17, 15) is 15.2 Å². The zero-order valence-electron chi connectivity index (χ0n) is 11.5. The third kappa shape index (κ3) is 2.52. The van der Waals surface area contributed by atoms with Gasteiger partial charge in [-0.2, -0.15) is 0 Å². The molecule has 0 bridgehead atoms. The van der Waals surface area contributed by atoms with Gasteiger partial charge >= 0.3 is 0 Å². The molecule has 22 heavy (non-hydrogen) atoms. The highest BCUT2D eigenvalue weighted by atomic mass is 16.6. The van der Waals surface area contributed by atoms with Crippen molar-refractivity contribution >= 4 is 5.69 Å². The molecular formula is C17H12N2O3. The van der Waals surface area contributed by atoms with Gasteiger partial charge < -0.3 is 5.11 Å². The lowest BCUT2D eigenvalue weighted by Gasteiger charge is -2.11. The molecule has 0 amide bonds. The largest absolute Gasteiger partial charge is 0.508 e. The van der Waals surface area contributed by atoms with Crippen LogP contribution >= 0.6 is 0 Å². The van der Waals surface area contributed by atoms with E-state index in [0.29, 0.717) is 11.1 Å². The summed E-state index contributed by atoms with van der Waals surface area (Å²) in [6, 6.07) is 15.0. The molecule has 0 saturated heterocycles. The number of benzene rings is 2. The standard InChI is InChI=1S/C17H12N2O3/c20-13-5-6-14(15-3-1-2-4-17(15)19(21)22)16(11-13)12-7-9-18-10-8-12/h1-11,20H. The van der Waals surface area contributed by atoms with Crippen molar-refractivity contribution in [3.05, 3.63) is 77.1 Å². The Bertz CT molecular complexity index is 832. The van der Waals surface area contributed by atoms with E-state index in [1.165, 1.54) is 12.1 Å². The molecule has 5 nitrogen and oxygen atoms in total. The summed E-state index contributed by atoms with van der Waals surface area (Å²) in [6.45, 7) is 0. The number of para-hydroxylation sites is 1. The van der Waals surface area contributed by atoms with Crippen molar-refractivity contribution in [3.63, 3.8) is 0 Å². The minimum Gasteiger partial charge on any atom is -0.508 e. The Morgan fingerprint density at radius 2 is 1.64 bits per heavy atom. The second-order valence-electron chi connectivity index (χ2n) is 4.74. The molecule has 2 aromatic carbocycles. The Kier molecular flexibility index (Phi) is 3.53. The maximum absolute atomic E-state index is 11.3. The lowest BCUT2D eigenvalue weighted by atomic mass is 9.94. The molecule has 5 heteroatoms. The van der Waals surface area contributed by atoms with Gasteiger partial charge in [-0.05, 0) is 53.1 Å². The second kappa shape index (κ2) is 5.65. The van der Waals surface area contributed by atoms with Crippen LogP contribution in [0, 0.1) is 10.1 Å². The monoisotopic (exact) mass is 292 g/mol. The van der Waals surface area contributed by atoms with Crippen molar-refractivity contribution in [2.24, 2.45) is 0 Å². The summed E-state index contributed by atoms with van der Waals surface area (Å²) in [5, 5.41) is 21.0. The van der Waals surface area contributed by atoms with Gasteiger partial charge in [-0.1, -0.05) is 12.1 Å². The molecule has 0 saturated carbocycles. The third-order valence-electron chi connectivity index (χ3n) is 3.39. The van der Waals surface area contributed by atoms with Gasteiger partial charge in [0.2, 0.25) is 0 Å². The van der Waals surface area contributed by atoms with E-state index in [1.807, 2.05) is 0 Å². The Labute approximate surface area is 126 Å². The third-order valence-corrected chi connectivity index (χ3v) is 3.39. The molecule has 0 fully saturated rings. The first-order valence-corrected chi connectivity index (χ1v) is 6.64. The zero-order chi connectivity index (χ0) is 15.5. The zero-order valence-corrected chi connectivity index (χ0v) is 11.5. The smallest absolute Gasteiger partial charge is 0.277 e. The van der Waals surface area contributed by atoms with Crippen LogP contribution in [-0.4, -0.2) is 15.0 Å². The maximum Gasteiger partial charge on any atom is 0.277 e. The summed E-state index contributed by atoms with van der Waals surface area (Å²) in [6.07, 6.45) is 3.28. The van der Waals surface area contributed by atoms with Crippen LogP contribution in [-0.2, 0) is 0 Å². The van der Waals surface area contributed by atoms with Crippen LogP contribution in [0.1, 0.15) is 0 Å². The Morgan fingerprint density at radius 1 is 0.909 bits per heavy atom. The van der Waals surface area contributed by atoms with Gasteiger partial charge in [0.05, 0.1) is 10.5 Å². The van der Waals surface area contributed by atoms with Gasteiger partial charge in [-0.15, -0.1) is 0 Å². The molecule has 0 atom stereocenters. The molecule has 0 aliphatic carbocycles. The first-order valence-electron chi connectivity index (χ1n) is 6.64. The summed E-state index contributed by atoms with van der Waals surface area (Å²) in [4.78, 5) is 14.8. The van der Waals surface area contributed by atoms with Gasteiger partial charge in [0.25, 0.3) is 5.69 Å². The number of rotatable bonds is 3. The topological polar surface area (TPSA) is 76.3 Å². The number of nitrogens with zero attached hydrogens (tertiary/aromatic N) is 2. The molecule has 0 aliphatic heterocycles. The highest BCUT2D eigenvalue weighted by Crippen LogP contribution is 2.38. The van der Waals surface area contributed by atoms with Crippen LogP contribution in [0.15, 0.2) is 67.0 Å². The molecule has 0 spiro atoms. The number of hydrogen-bond donors (Lipinski definition) is 1. The minimum absolute atomic E-state index is 0.0310. The number of pyridine rings is 1. The van der Waals surface area contributed by atoms with Crippen molar-refractivity contribution in [2.75, 3.05) is 0 Å². The van der Waals surface area contributed by atoms with E-state index in [0.717, 1.165) is 11.1 Å². The minimum atomic E-state index is -0.404. The van der Waals surface area contributed by atoms with Crippen molar-refractivity contribution in [2.45, 2.75) is 0 Å². The van der Waals surface area contributed by atoms with Crippen molar-refractivity contribution < 1.29 is 10.0 Å². The van der Waals surface area contributed by atoms with Crippen molar-refractivity contribution in [1.29, 1.82) is 0 Å². The molecule has 3 aromatic rings. The molecule has 0 radical (unpaired) electrons. The Hall–Kier alpha value is -3.21. The highest BCUT2D eigenvalue weighted by Gasteiger charge is 2.17. The molecule has 0 aliphatic rings. The molecule has 108 valence electrons. The van der Waals surface area contributed by atoms with Crippen LogP contribution in [0.2, 0.25) is 0 Å². The van der Waals surface area contributed by atoms with Crippen LogP contribution < -0.4 is 0 Å². The van der Waals surface area contributed by atoms with Crippen LogP contribution in [0.5, 0.6) is 5.75 Å². The fourth-order valence-corrected chi connectivity index (χ4v) is 2.40. The quantitative estimate of drug-likeness (QED) is 0.584. The van der Waals surface area contributed by atoms with Crippen LogP contribution in [0.3, 0.4) is 0 Å². The average Bonchev–Trinajstić information content (AvgIpc) is 2.55. The number of nitro groups is 1. The summed E-state index contributed by atoms with van der Waals surface area (Å²) in [5.41, 5.74) is 2.79. The fraction of sp³-hybridized carbons (Fsp3) is 0. The van der Waals surface area contributed by atoms with Gasteiger partial charge in [-0.3, -0.25) is 15.1 Å². The predicted octanol–water partition coefficient (Wildman–Crippen LogP) is 4.03. The molecule has 1 aromatic heterocycles. The molecule has 1 N–H and O–H groups in total. The second-order valence-corrected chi connectivity index (χ2v) is 4.74. The number of hydrogen-bond acceptors (Lipinski definition) is 4. The number of phenols is 1. The average molecular weight is 292 g/mol.